The third-order valence-electron chi connectivity index (χ3n) is 4.72. The van der Waals surface area contributed by atoms with Crippen LogP contribution in [0.5, 0.6) is 0 Å². The Hall–Kier alpha value is -0.690. The van der Waals surface area contributed by atoms with Crippen LogP contribution in [0.4, 0.5) is 4.39 Å². The fourth-order valence-corrected chi connectivity index (χ4v) is 5.75. The van der Waals surface area contributed by atoms with Crippen molar-refractivity contribution in [3.63, 3.8) is 0 Å². The number of rotatable bonds is 5. The molecule has 7 heteroatoms. The van der Waals surface area contributed by atoms with Crippen molar-refractivity contribution in [2.75, 3.05) is 19.6 Å². The van der Waals surface area contributed by atoms with Gasteiger partial charge in [0, 0.05) is 12.1 Å². The summed E-state index contributed by atoms with van der Waals surface area (Å²) in [6, 6.07) is 3.59. The first-order chi connectivity index (χ1) is 10.9. The van der Waals surface area contributed by atoms with Crippen LogP contribution >= 0.6 is 11.6 Å². The molecule has 23 heavy (non-hydrogen) atoms. The van der Waals surface area contributed by atoms with Crippen LogP contribution in [-0.4, -0.2) is 49.3 Å². The maximum atomic E-state index is 13.2. The van der Waals surface area contributed by atoms with Crippen LogP contribution in [0.25, 0.3) is 0 Å². The van der Waals surface area contributed by atoms with Crippen LogP contribution < -0.4 is 0 Å². The summed E-state index contributed by atoms with van der Waals surface area (Å²) >= 11 is 6.01. The second-order valence-corrected chi connectivity index (χ2v) is 8.53. The number of benzene rings is 1. The van der Waals surface area contributed by atoms with Gasteiger partial charge in [0.15, 0.2) is 0 Å². The van der Waals surface area contributed by atoms with Crippen LogP contribution in [0.1, 0.15) is 32.6 Å². The van der Waals surface area contributed by atoms with Crippen molar-refractivity contribution >= 4 is 21.6 Å². The molecule has 0 spiro atoms. The topological polar surface area (TPSA) is 40.6 Å². The van der Waals surface area contributed by atoms with E-state index in [1.807, 2.05) is 0 Å². The second-order valence-electron chi connectivity index (χ2n) is 6.31. The number of hydrogen-bond acceptors (Lipinski definition) is 3. The van der Waals surface area contributed by atoms with Crippen molar-refractivity contribution in [3.8, 4) is 0 Å². The predicted molar refractivity (Wildman–Crippen MR) is 88.6 cm³/mol. The van der Waals surface area contributed by atoms with Crippen LogP contribution in [0.3, 0.4) is 0 Å². The number of nitrogens with zero attached hydrogens (tertiary/aromatic N) is 2. The summed E-state index contributed by atoms with van der Waals surface area (Å²) in [5, 5.41) is -0.0401. The van der Waals surface area contributed by atoms with Gasteiger partial charge in [0.2, 0.25) is 10.0 Å². The molecule has 0 bridgehead atoms. The molecule has 1 heterocycles. The normalized spacial score (nSPS) is 21.0. The lowest BCUT2D eigenvalue weighted by molar-refractivity contribution is 0.161. The van der Waals surface area contributed by atoms with Crippen LogP contribution in [0, 0.1) is 5.82 Å². The van der Waals surface area contributed by atoms with E-state index < -0.39 is 15.8 Å². The fourth-order valence-electron chi connectivity index (χ4n) is 3.31. The van der Waals surface area contributed by atoms with E-state index >= 15 is 0 Å². The molecule has 1 saturated carbocycles. The van der Waals surface area contributed by atoms with E-state index in [1.165, 1.54) is 6.07 Å². The highest BCUT2D eigenvalue weighted by Crippen LogP contribution is 2.38. The monoisotopic (exact) mass is 360 g/mol. The molecule has 3 rings (SSSR count). The van der Waals surface area contributed by atoms with Gasteiger partial charge in [-0.15, -0.1) is 0 Å². The van der Waals surface area contributed by atoms with E-state index in [9.17, 15) is 12.8 Å². The zero-order chi connectivity index (χ0) is 16.6. The third-order valence-corrected chi connectivity index (χ3v) is 7.21. The summed E-state index contributed by atoms with van der Waals surface area (Å²) in [5.41, 5.74) is 0. The Balaban J connectivity index is 1.88. The molecule has 0 aromatic heterocycles. The molecule has 0 unspecified atom stereocenters. The van der Waals surface area contributed by atoms with Crippen LogP contribution in [0.2, 0.25) is 5.02 Å². The van der Waals surface area contributed by atoms with Gasteiger partial charge in [-0.3, -0.25) is 0 Å². The van der Waals surface area contributed by atoms with Gasteiger partial charge in [-0.2, -0.15) is 4.31 Å². The Morgan fingerprint density at radius 1 is 1.22 bits per heavy atom. The lowest BCUT2D eigenvalue weighted by Gasteiger charge is -2.37. The van der Waals surface area contributed by atoms with Gasteiger partial charge in [-0.05, 0) is 63.5 Å². The highest BCUT2D eigenvalue weighted by atomic mass is 35.5. The van der Waals surface area contributed by atoms with Gasteiger partial charge in [0.25, 0.3) is 0 Å². The molecule has 2 aliphatic rings. The smallest absolute Gasteiger partial charge is 0.245 e. The summed E-state index contributed by atoms with van der Waals surface area (Å²) in [6.45, 7) is 4.94. The zero-order valence-electron chi connectivity index (χ0n) is 13.2. The minimum atomic E-state index is -3.69. The minimum absolute atomic E-state index is 0.0106. The second kappa shape index (κ2) is 6.67. The van der Waals surface area contributed by atoms with Crippen molar-refractivity contribution < 1.29 is 12.8 Å². The predicted octanol–water partition coefficient (Wildman–Crippen LogP) is 3.12. The summed E-state index contributed by atoms with van der Waals surface area (Å²) in [5.74, 6) is -0.525. The molecule has 0 amide bonds. The molecule has 1 aromatic rings. The molecule has 1 aromatic carbocycles. The van der Waals surface area contributed by atoms with E-state index in [2.05, 4.69) is 11.8 Å². The van der Waals surface area contributed by atoms with Gasteiger partial charge in [0.05, 0.1) is 5.02 Å². The van der Waals surface area contributed by atoms with E-state index in [1.54, 1.807) is 4.31 Å². The van der Waals surface area contributed by atoms with Crippen molar-refractivity contribution in [2.24, 2.45) is 0 Å². The molecule has 4 nitrogen and oxygen atoms in total. The lowest BCUT2D eigenvalue weighted by atomic mass is 10.1. The molecule has 2 fully saturated rings. The number of halogens is 2. The Bertz CT molecular complexity index is 671. The molecule has 1 aliphatic heterocycles. The number of piperidine rings is 1. The van der Waals surface area contributed by atoms with Crippen LogP contribution in [-0.2, 0) is 10.0 Å². The summed E-state index contributed by atoms with van der Waals surface area (Å²) in [7, 11) is -3.69. The standard InChI is InChI=1S/C16H22ClFN2O2S/c1-2-19-9-7-14(8-10-19)20(13-4-5-13)23(21,22)16-6-3-12(18)11-15(16)17/h3,6,11,13-14H,2,4-5,7-10H2,1H3. The first-order valence-electron chi connectivity index (χ1n) is 8.14. The molecule has 0 radical (unpaired) electrons. The Morgan fingerprint density at radius 3 is 2.35 bits per heavy atom. The zero-order valence-corrected chi connectivity index (χ0v) is 14.8. The van der Waals surface area contributed by atoms with E-state index in [-0.39, 0.29) is 22.0 Å². The van der Waals surface area contributed by atoms with Gasteiger partial charge >= 0.3 is 0 Å². The fraction of sp³-hybridized carbons (Fsp3) is 0.625. The molecule has 1 saturated heterocycles. The Morgan fingerprint density at radius 2 is 1.83 bits per heavy atom. The maximum absolute atomic E-state index is 13.2. The largest absolute Gasteiger partial charge is 0.303 e. The maximum Gasteiger partial charge on any atom is 0.245 e. The summed E-state index contributed by atoms with van der Waals surface area (Å²) in [4.78, 5) is 2.35. The van der Waals surface area contributed by atoms with Gasteiger partial charge in [-0.1, -0.05) is 18.5 Å². The highest BCUT2D eigenvalue weighted by molar-refractivity contribution is 7.89. The van der Waals surface area contributed by atoms with Crippen molar-refractivity contribution in [3.05, 3.63) is 29.0 Å². The summed E-state index contributed by atoms with van der Waals surface area (Å²) < 4.78 is 41.1. The van der Waals surface area contributed by atoms with E-state index in [0.29, 0.717) is 0 Å². The van der Waals surface area contributed by atoms with Crippen LogP contribution in [0.15, 0.2) is 23.1 Å². The molecular formula is C16H22ClFN2O2S. The highest BCUT2D eigenvalue weighted by Gasteiger charge is 2.43. The number of hydrogen-bond donors (Lipinski definition) is 0. The SMILES string of the molecule is CCN1CCC(N(C2CC2)S(=O)(=O)c2ccc(F)cc2Cl)CC1. The quantitative estimate of drug-likeness (QED) is 0.810. The molecular weight excluding hydrogens is 339 g/mol. The molecule has 1 aliphatic carbocycles. The van der Waals surface area contributed by atoms with Crippen molar-refractivity contribution in [2.45, 2.75) is 49.6 Å². The lowest BCUT2D eigenvalue weighted by Crippen LogP contribution is -2.48. The summed E-state index contributed by atoms with van der Waals surface area (Å²) in [6.07, 6.45) is 3.46. The van der Waals surface area contributed by atoms with Crippen molar-refractivity contribution in [1.29, 1.82) is 0 Å². The molecule has 0 N–H and O–H groups in total. The number of sulfonamides is 1. The first-order valence-corrected chi connectivity index (χ1v) is 9.96. The molecule has 0 atom stereocenters. The van der Waals surface area contributed by atoms with Crippen molar-refractivity contribution in [1.82, 2.24) is 9.21 Å². The van der Waals surface area contributed by atoms with E-state index in [4.69, 9.17) is 11.6 Å². The average molecular weight is 361 g/mol. The number of likely N-dealkylation sites (tertiary alicyclic amines) is 1. The Kier molecular flexibility index (Phi) is 4.97. The molecule has 128 valence electrons. The third kappa shape index (κ3) is 3.55. The van der Waals surface area contributed by atoms with Gasteiger partial charge in [-0.25, -0.2) is 12.8 Å². The first kappa shape index (κ1) is 17.1. The Labute approximate surface area is 142 Å². The van der Waals surface area contributed by atoms with E-state index in [0.717, 1.165) is 57.5 Å². The minimum Gasteiger partial charge on any atom is -0.303 e. The average Bonchev–Trinajstić information content (AvgIpc) is 3.32. The van der Waals surface area contributed by atoms with Gasteiger partial charge < -0.3 is 4.90 Å². The van der Waals surface area contributed by atoms with Gasteiger partial charge in [0.1, 0.15) is 10.7 Å².